The maximum absolute atomic E-state index is 10.5. The van der Waals surface area contributed by atoms with E-state index >= 15 is 0 Å². The van der Waals surface area contributed by atoms with Crippen LogP contribution in [0.1, 0.15) is 20.7 Å². The smallest absolute Gasteiger partial charge is 0.279 e. The number of imidazole rings is 2. The number of carboxylic acids is 2. The molecule has 0 fully saturated rings. The van der Waals surface area contributed by atoms with Crippen molar-refractivity contribution < 1.29 is 34.7 Å². The van der Waals surface area contributed by atoms with Crippen LogP contribution in [0.3, 0.4) is 0 Å². The van der Waals surface area contributed by atoms with Crippen LogP contribution in [-0.4, -0.2) is 26.8 Å². The van der Waals surface area contributed by atoms with E-state index in [9.17, 15) is 29.9 Å². The number of carbonyl (C=O) groups excluding carboxylic acids is 2. The Bertz CT molecular complexity index is 1270. The highest BCUT2D eigenvalue weighted by atomic mass is 16.6. The number of fused-ring (bicyclic) bond motifs is 2. The minimum atomic E-state index is -1.93. The summed E-state index contributed by atoms with van der Waals surface area (Å²) < 4.78 is 0. The topological polar surface area (TPSA) is 183 Å². The summed E-state index contributed by atoms with van der Waals surface area (Å²) in [5.74, 6) is -3.74. The number of H-pyrrole nitrogens is 4. The summed E-state index contributed by atoms with van der Waals surface area (Å²) >= 11 is 0. The number of aromatic amines is 4. The molecule has 0 spiro atoms. The van der Waals surface area contributed by atoms with Crippen LogP contribution in [0.2, 0.25) is 0 Å². The van der Waals surface area contributed by atoms with Gasteiger partial charge in [-0.2, -0.15) is 0 Å². The highest BCUT2D eigenvalue weighted by molar-refractivity contribution is 6.03. The highest BCUT2D eigenvalue weighted by Crippen LogP contribution is 2.21. The molecule has 33 heavy (non-hydrogen) atoms. The van der Waals surface area contributed by atoms with Gasteiger partial charge in [0.15, 0.2) is 22.1 Å². The van der Waals surface area contributed by atoms with Crippen molar-refractivity contribution in [2.75, 3.05) is 0 Å². The van der Waals surface area contributed by atoms with Crippen molar-refractivity contribution in [3.05, 3.63) is 101 Å². The Hall–Kier alpha value is -5.06. The Balaban J connectivity index is 0.000000146. The fourth-order valence-electron chi connectivity index (χ4n) is 2.93. The monoisotopic (exact) mass is 447 g/mol. The lowest BCUT2D eigenvalue weighted by Crippen LogP contribution is -2.30. The summed E-state index contributed by atoms with van der Waals surface area (Å²) in [5, 5.41) is 31.4. The van der Waals surface area contributed by atoms with Gasteiger partial charge in [-0.15, -0.1) is 0 Å². The Morgan fingerprint density at radius 1 is 0.727 bits per heavy atom. The van der Waals surface area contributed by atoms with E-state index in [1.165, 1.54) is 0 Å². The number of nitrogens with one attached hydrogen (secondary N) is 4. The third-order valence-electron chi connectivity index (χ3n) is 4.43. The van der Waals surface area contributed by atoms with Gasteiger partial charge in [0.05, 0.1) is 22.4 Å². The van der Waals surface area contributed by atoms with Crippen molar-refractivity contribution in [2.24, 2.45) is 0 Å². The number of carboxylic acid groups (broad SMARTS) is 2. The number of aromatic nitrogens is 4. The van der Waals surface area contributed by atoms with Gasteiger partial charge >= 0.3 is 0 Å². The van der Waals surface area contributed by atoms with Crippen LogP contribution in [0.4, 0.5) is 5.69 Å². The molecule has 0 amide bonds. The minimum absolute atomic E-state index is 0.774. The van der Waals surface area contributed by atoms with Gasteiger partial charge in [-0.3, -0.25) is 10.1 Å². The maximum atomic E-state index is 10.5. The first-order valence-corrected chi connectivity index (χ1v) is 9.46. The average Bonchev–Trinajstić information content (AvgIpc) is 3.48. The number of hydrogen-bond donors (Lipinski definition) is 2. The summed E-state index contributed by atoms with van der Waals surface area (Å²) in [7, 11) is 0. The van der Waals surface area contributed by atoms with Crippen molar-refractivity contribution in [3.63, 3.8) is 0 Å². The first-order chi connectivity index (χ1) is 15.9. The number of para-hydroxylation sites is 4. The van der Waals surface area contributed by atoms with Crippen LogP contribution >= 0.6 is 0 Å². The predicted molar refractivity (Wildman–Crippen MR) is 111 cm³/mol. The van der Waals surface area contributed by atoms with Gasteiger partial charge in [-0.1, -0.05) is 36.4 Å². The molecular formula is C22H17N5O6. The number of rotatable bonds is 3. The Labute approximate surface area is 185 Å². The molecule has 3 aromatic carbocycles. The largest absolute Gasteiger partial charge is 0.545 e. The number of nitro groups is 1. The minimum Gasteiger partial charge on any atom is -0.545 e. The summed E-state index contributed by atoms with van der Waals surface area (Å²) in [6, 6.07) is 19.0. The molecule has 0 aliphatic rings. The Morgan fingerprint density at radius 3 is 1.67 bits per heavy atom. The molecule has 0 saturated carbocycles. The number of nitrogens with zero attached hydrogens (tertiary/aromatic N) is 1. The molecule has 2 aromatic heterocycles. The standard InChI is InChI=1S/C8H5NO6.2C7H6N2/c10-7(11)4-2-1-3-5(9(14)15)6(4)8(12)13;2*1-2-4-7-6(3-1)8-5-9-7/h1-3H,(H,10,11)(H,12,13);2*1-5H,(H,8,9). The Kier molecular flexibility index (Phi) is 7.06. The molecule has 5 rings (SSSR count). The van der Waals surface area contributed by atoms with Crippen LogP contribution < -0.4 is 20.2 Å². The first kappa shape index (κ1) is 22.6. The summed E-state index contributed by atoms with van der Waals surface area (Å²) in [6.45, 7) is 0. The van der Waals surface area contributed by atoms with Gasteiger partial charge in [0.2, 0.25) is 12.7 Å². The normalized spacial score (nSPS) is 9.94. The van der Waals surface area contributed by atoms with Gasteiger partial charge in [-0.25, -0.2) is 19.9 Å². The van der Waals surface area contributed by atoms with E-state index in [2.05, 4.69) is 19.9 Å². The molecule has 5 aromatic rings. The van der Waals surface area contributed by atoms with Gasteiger partial charge in [-0.05, 0) is 24.3 Å². The second-order valence-corrected chi connectivity index (χ2v) is 6.49. The molecule has 4 N–H and O–H groups in total. The van der Waals surface area contributed by atoms with Crippen molar-refractivity contribution in [2.45, 2.75) is 0 Å². The highest BCUT2D eigenvalue weighted by Gasteiger charge is 2.18. The lowest BCUT2D eigenvalue weighted by Gasteiger charge is -2.10. The lowest BCUT2D eigenvalue weighted by atomic mass is 10.1. The number of aromatic carboxylic acids is 2. The second kappa shape index (κ2) is 10.3. The third-order valence-corrected chi connectivity index (χ3v) is 4.43. The van der Waals surface area contributed by atoms with E-state index in [-0.39, 0.29) is 0 Å². The summed E-state index contributed by atoms with van der Waals surface area (Å²) in [6.07, 6.45) is 3.65. The SMILES string of the molecule is O=C([O-])c1cccc([N+](=O)[O-])c1C(=O)[O-].c1ccc2[nH+]c[nH]c2c1.c1ccc2[nH+]c[nH]c2c1. The molecule has 0 saturated heterocycles. The van der Waals surface area contributed by atoms with Crippen molar-refractivity contribution in [1.82, 2.24) is 9.97 Å². The van der Waals surface area contributed by atoms with Gasteiger partial charge in [0.25, 0.3) is 5.69 Å². The zero-order chi connectivity index (χ0) is 23.8. The molecule has 166 valence electrons. The molecular weight excluding hydrogens is 430 g/mol. The average molecular weight is 447 g/mol. The Morgan fingerprint density at radius 2 is 1.24 bits per heavy atom. The van der Waals surface area contributed by atoms with E-state index in [4.69, 9.17) is 0 Å². The number of benzene rings is 3. The lowest BCUT2D eigenvalue weighted by molar-refractivity contribution is -0.386. The van der Waals surface area contributed by atoms with Gasteiger partial charge < -0.3 is 19.8 Å². The van der Waals surface area contributed by atoms with Crippen molar-refractivity contribution in [1.29, 1.82) is 0 Å². The van der Waals surface area contributed by atoms with E-state index in [0.29, 0.717) is 0 Å². The number of carbonyl (C=O) groups is 2. The second-order valence-electron chi connectivity index (χ2n) is 6.49. The summed E-state index contributed by atoms with van der Waals surface area (Å²) in [5.41, 5.74) is 2.01. The summed E-state index contributed by atoms with van der Waals surface area (Å²) in [4.78, 5) is 42.7. The quantitative estimate of drug-likeness (QED) is 0.296. The molecule has 11 nitrogen and oxygen atoms in total. The molecule has 0 atom stereocenters. The number of hydrogen-bond acceptors (Lipinski definition) is 6. The first-order valence-electron chi connectivity index (χ1n) is 9.46. The zero-order valence-electron chi connectivity index (χ0n) is 16.9. The van der Waals surface area contributed by atoms with E-state index in [1.807, 2.05) is 61.2 Å². The van der Waals surface area contributed by atoms with Gasteiger partial charge in [0, 0.05) is 11.6 Å². The molecule has 0 radical (unpaired) electrons. The predicted octanol–water partition coefficient (Wildman–Crippen LogP) is 0.286. The van der Waals surface area contributed by atoms with Crippen LogP contribution in [-0.2, 0) is 0 Å². The van der Waals surface area contributed by atoms with Gasteiger partial charge in [0.1, 0.15) is 0 Å². The molecule has 0 bridgehead atoms. The van der Waals surface area contributed by atoms with Crippen LogP contribution in [0.5, 0.6) is 0 Å². The molecule has 11 heteroatoms. The van der Waals surface area contributed by atoms with Crippen molar-refractivity contribution >= 4 is 39.7 Å². The van der Waals surface area contributed by atoms with Crippen LogP contribution in [0.25, 0.3) is 22.1 Å². The van der Waals surface area contributed by atoms with E-state index in [1.54, 1.807) is 0 Å². The van der Waals surface area contributed by atoms with E-state index < -0.39 is 33.7 Å². The fourth-order valence-corrected chi connectivity index (χ4v) is 2.93. The van der Waals surface area contributed by atoms with E-state index in [0.717, 1.165) is 40.3 Å². The zero-order valence-corrected chi connectivity index (χ0v) is 16.9. The van der Waals surface area contributed by atoms with Crippen molar-refractivity contribution in [3.8, 4) is 0 Å². The number of nitro benzene ring substituents is 1. The van der Waals surface area contributed by atoms with Crippen LogP contribution in [0.15, 0.2) is 79.4 Å². The molecule has 0 aliphatic heterocycles. The van der Waals surface area contributed by atoms with Crippen LogP contribution in [0, 0.1) is 10.1 Å². The third kappa shape index (κ3) is 5.55. The molecule has 0 unspecified atom stereocenters. The molecule has 2 heterocycles. The molecule has 0 aliphatic carbocycles. The maximum Gasteiger partial charge on any atom is 0.279 e. The fraction of sp³-hybridized carbons (Fsp3) is 0.